The lowest BCUT2D eigenvalue weighted by atomic mass is 9.93. The van der Waals surface area contributed by atoms with Gasteiger partial charge in [0.1, 0.15) is 0 Å². The molecule has 1 fully saturated rings. The van der Waals surface area contributed by atoms with Gasteiger partial charge in [-0.3, -0.25) is 9.69 Å². The quantitative estimate of drug-likeness (QED) is 0.877. The third-order valence-electron chi connectivity index (χ3n) is 4.22. The summed E-state index contributed by atoms with van der Waals surface area (Å²) in [5.74, 6) is 0. The zero-order valence-corrected chi connectivity index (χ0v) is 11.7. The number of hydrogen-bond donors (Lipinski definition) is 2. The zero-order valence-electron chi connectivity index (χ0n) is 11.7. The molecule has 2 N–H and O–H groups in total. The highest BCUT2D eigenvalue weighted by molar-refractivity contribution is 5.84. The summed E-state index contributed by atoms with van der Waals surface area (Å²) in [7, 11) is 0. The Hall–Kier alpha value is -1.65. The molecule has 0 aliphatic carbocycles. The topological polar surface area (TPSA) is 56.3 Å². The van der Waals surface area contributed by atoms with E-state index in [-0.39, 0.29) is 5.56 Å². The summed E-state index contributed by atoms with van der Waals surface area (Å²) in [6.07, 6.45) is 3.42. The van der Waals surface area contributed by atoms with Crippen molar-refractivity contribution in [1.29, 1.82) is 0 Å². The minimum Gasteiger partial charge on any atom is -0.390 e. The van der Waals surface area contributed by atoms with Gasteiger partial charge in [-0.25, -0.2) is 0 Å². The molecule has 0 saturated carbocycles. The number of aliphatic hydroxyl groups is 1. The molecule has 1 aliphatic heterocycles. The van der Waals surface area contributed by atoms with E-state index in [0.717, 1.165) is 48.8 Å². The summed E-state index contributed by atoms with van der Waals surface area (Å²) in [6.45, 7) is 4.49. The van der Waals surface area contributed by atoms with Gasteiger partial charge in [-0.2, -0.15) is 0 Å². The van der Waals surface area contributed by atoms with Crippen LogP contribution >= 0.6 is 0 Å². The molecule has 4 nitrogen and oxygen atoms in total. The van der Waals surface area contributed by atoms with Crippen molar-refractivity contribution in [2.45, 2.75) is 31.9 Å². The van der Waals surface area contributed by atoms with Gasteiger partial charge < -0.3 is 10.1 Å². The van der Waals surface area contributed by atoms with Gasteiger partial charge in [-0.15, -0.1) is 0 Å². The molecule has 0 radical (unpaired) electrons. The lowest BCUT2D eigenvalue weighted by Crippen LogP contribution is -2.42. The molecule has 0 spiro atoms. The van der Waals surface area contributed by atoms with E-state index in [1.165, 1.54) is 0 Å². The van der Waals surface area contributed by atoms with Gasteiger partial charge in [0.2, 0.25) is 0 Å². The standard InChI is InChI=1S/C16H20N2O2/c1-16(20)6-8-18(9-7-16)11-12-10-17-15(19)14-5-3-2-4-13(12)14/h2-5,10,20H,6-9,11H2,1H3,(H,17,19). The molecule has 0 amide bonds. The first-order valence-electron chi connectivity index (χ1n) is 7.09. The molecular formula is C16H20N2O2. The van der Waals surface area contributed by atoms with E-state index < -0.39 is 5.60 Å². The average molecular weight is 272 g/mol. The van der Waals surface area contributed by atoms with Gasteiger partial charge >= 0.3 is 0 Å². The largest absolute Gasteiger partial charge is 0.390 e. The summed E-state index contributed by atoms with van der Waals surface area (Å²) in [4.78, 5) is 17.0. The van der Waals surface area contributed by atoms with E-state index in [9.17, 15) is 9.90 Å². The van der Waals surface area contributed by atoms with Crippen molar-refractivity contribution >= 4 is 10.8 Å². The molecule has 1 saturated heterocycles. The number of aromatic amines is 1. The van der Waals surface area contributed by atoms with E-state index >= 15 is 0 Å². The second kappa shape index (κ2) is 5.04. The maximum atomic E-state index is 11.8. The summed E-state index contributed by atoms with van der Waals surface area (Å²) in [5, 5.41) is 11.8. The van der Waals surface area contributed by atoms with Crippen LogP contribution < -0.4 is 5.56 Å². The molecule has 4 heteroatoms. The average Bonchev–Trinajstić information content (AvgIpc) is 2.44. The number of pyridine rings is 1. The van der Waals surface area contributed by atoms with E-state index in [0.29, 0.717) is 0 Å². The van der Waals surface area contributed by atoms with E-state index in [1.807, 2.05) is 37.4 Å². The van der Waals surface area contributed by atoms with Crippen molar-refractivity contribution in [3.8, 4) is 0 Å². The summed E-state index contributed by atoms with van der Waals surface area (Å²) >= 11 is 0. The summed E-state index contributed by atoms with van der Waals surface area (Å²) in [6, 6.07) is 7.71. The van der Waals surface area contributed by atoms with Crippen LogP contribution in [0, 0.1) is 0 Å². The van der Waals surface area contributed by atoms with Gasteiger partial charge in [0, 0.05) is 31.2 Å². The maximum Gasteiger partial charge on any atom is 0.255 e. The van der Waals surface area contributed by atoms with E-state index in [1.54, 1.807) is 0 Å². The molecule has 0 unspecified atom stereocenters. The minimum absolute atomic E-state index is 0.0362. The molecule has 1 aromatic carbocycles. The zero-order chi connectivity index (χ0) is 14.2. The minimum atomic E-state index is -0.524. The van der Waals surface area contributed by atoms with Gasteiger partial charge in [-0.1, -0.05) is 18.2 Å². The van der Waals surface area contributed by atoms with Crippen LogP contribution in [0.25, 0.3) is 10.8 Å². The van der Waals surface area contributed by atoms with Crippen LogP contribution in [0.15, 0.2) is 35.3 Å². The molecular weight excluding hydrogens is 252 g/mol. The Bertz CT molecular complexity index is 665. The van der Waals surface area contributed by atoms with Crippen molar-refractivity contribution < 1.29 is 5.11 Å². The number of aromatic nitrogens is 1. The van der Waals surface area contributed by atoms with Crippen LogP contribution in [0.4, 0.5) is 0 Å². The summed E-state index contributed by atoms with van der Waals surface area (Å²) in [5.41, 5.74) is 0.580. The number of H-pyrrole nitrogens is 1. The van der Waals surface area contributed by atoms with Crippen LogP contribution in [0.2, 0.25) is 0 Å². The van der Waals surface area contributed by atoms with Crippen LogP contribution in [0.1, 0.15) is 25.3 Å². The number of benzene rings is 1. The van der Waals surface area contributed by atoms with Crippen LogP contribution in [0.5, 0.6) is 0 Å². The van der Waals surface area contributed by atoms with E-state index in [2.05, 4.69) is 9.88 Å². The molecule has 3 rings (SSSR count). The Balaban J connectivity index is 1.85. The second-order valence-corrected chi connectivity index (χ2v) is 5.96. The maximum absolute atomic E-state index is 11.8. The predicted octanol–water partition coefficient (Wildman–Crippen LogP) is 1.87. The third kappa shape index (κ3) is 2.62. The number of hydrogen-bond acceptors (Lipinski definition) is 3. The highest BCUT2D eigenvalue weighted by Crippen LogP contribution is 2.23. The predicted molar refractivity (Wildman–Crippen MR) is 79.7 cm³/mol. The Kier molecular flexibility index (Phi) is 3.36. The van der Waals surface area contributed by atoms with Crippen molar-refractivity contribution in [3.63, 3.8) is 0 Å². The summed E-state index contributed by atoms with van der Waals surface area (Å²) < 4.78 is 0. The number of nitrogens with one attached hydrogen (secondary N) is 1. The fourth-order valence-corrected chi connectivity index (χ4v) is 2.83. The van der Waals surface area contributed by atoms with Crippen molar-refractivity contribution in [2.75, 3.05) is 13.1 Å². The highest BCUT2D eigenvalue weighted by atomic mass is 16.3. The van der Waals surface area contributed by atoms with Gasteiger partial charge in [-0.05, 0) is 36.8 Å². The first-order valence-corrected chi connectivity index (χ1v) is 7.09. The smallest absolute Gasteiger partial charge is 0.255 e. The fourth-order valence-electron chi connectivity index (χ4n) is 2.83. The SMILES string of the molecule is CC1(O)CCN(Cc2c[nH]c(=O)c3ccccc23)CC1. The van der Waals surface area contributed by atoms with Crippen LogP contribution in [-0.4, -0.2) is 33.7 Å². The van der Waals surface area contributed by atoms with Crippen LogP contribution in [-0.2, 0) is 6.54 Å². The Morgan fingerprint density at radius 1 is 1.25 bits per heavy atom. The van der Waals surface area contributed by atoms with Crippen molar-refractivity contribution in [1.82, 2.24) is 9.88 Å². The molecule has 2 heterocycles. The fraction of sp³-hybridized carbons (Fsp3) is 0.438. The Labute approximate surface area is 118 Å². The molecule has 0 bridgehead atoms. The lowest BCUT2D eigenvalue weighted by molar-refractivity contribution is -0.00722. The molecule has 20 heavy (non-hydrogen) atoms. The molecule has 0 atom stereocenters. The number of rotatable bonds is 2. The number of nitrogens with zero attached hydrogens (tertiary/aromatic N) is 1. The Morgan fingerprint density at radius 2 is 1.90 bits per heavy atom. The third-order valence-corrected chi connectivity index (χ3v) is 4.22. The number of likely N-dealkylation sites (tertiary alicyclic amines) is 1. The van der Waals surface area contributed by atoms with E-state index in [4.69, 9.17) is 0 Å². The highest BCUT2D eigenvalue weighted by Gasteiger charge is 2.27. The van der Waals surface area contributed by atoms with Crippen molar-refractivity contribution in [2.24, 2.45) is 0 Å². The molecule has 2 aromatic rings. The van der Waals surface area contributed by atoms with Gasteiger partial charge in [0.15, 0.2) is 0 Å². The molecule has 1 aliphatic rings. The molecule has 1 aromatic heterocycles. The number of piperidine rings is 1. The van der Waals surface area contributed by atoms with Crippen LogP contribution in [0.3, 0.4) is 0 Å². The second-order valence-electron chi connectivity index (χ2n) is 5.96. The van der Waals surface area contributed by atoms with Gasteiger partial charge in [0.25, 0.3) is 5.56 Å². The molecule has 106 valence electrons. The van der Waals surface area contributed by atoms with Crippen molar-refractivity contribution in [3.05, 3.63) is 46.4 Å². The number of fused-ring (bicyclic) bond motifs is 1. The lowest BCUT2D eigenvalue weighted by Gasteiger charge is -2.35. The Morgan fingerprint density at radius 3 is 2.60 bits per heavy atom. The van der Waals surface area contributed by atoms with Gasteiger partial charge in [0.05, 0.1) is 5.60 Å². The normalized spacial score (nSPS) is 19.3. The first-order chi connectivity index (χ1) is 9.55. The monoisotopic (exact) mass is 272 g/mol. The first kappa shape index (κ1) is 13.3.